The van der Waals surface area contributed by atoms with E-state index in [1.165, 1.54) is 22.8 Å². The van der Waals surface area contributed by atoms with Crippen molar-refractivity contribution >= 4 is 69.4 Å². The van der Waals surface area contributed by atoms with Gasteiger partial charge in [-0.1, -0.05) is 0 Å². The number of aryl methyl sites for hydroxylation is 3. The number of benzene rings is 1. The zero-order valence-electron chi connectivity index (χ0n) is 25.3. The van der Waals surface area contributed by atoms with Crippen LogP contribution in [0.4, 0.5) is 17.1 Å². The van der Waals surface area contributed by atoms with Gasteiger partial charge in [0.25, 0.3) is 23.6 Å². The number of primary amides is 1. The number of amides is 5. The van der Waals surface area contributed by atoms with Crippen molar-refractivity contribution in [3.8, 4) is 0 Å². The van der Waals surface area contributed by atoms with Crippen LogP contribution in [0.1, 0.15) is 48.2 Å². The van der Waals surface area contributed by atoms with Gasteiger partial charge < -0.3 is 45.3 Å². The Balaban J connectivity index is 1.37. The first-order chi connectivity index (χ1) is 21.9. The Morgan fingerprint density at radius 3 is 1.61 bits per heavy atom. The van der Waals surface area contributed by atoms with Crippen molar-refractivity contribution in [2.75, 3.05) is 34.1 Å². The first-order valence-electron chi connectivity index (χ1n) is 13.9. The zero-order chi connectivity index (χ0) is 33.5. The van der Waals surface area contributed by atoms with Gasteiger partial charge in [0.1, 0.15) is 22.8 Å². The van der Waals surface area contributed by atoms with Crippen LogP contribution < -0.4 is 27.0 Å². The molecule has 0 bridgehead atoms. The molecule has 0 radical (unpaired) electrons. The number of rotatable bonds is 13. The van der Waals surface area contributed by atoms with E-state index < -0.39 is 40.7 Å². The van der Waals surface area contributed by atoms with Gasteiger partial charge in [-0.2, -0.15) is 0 Å². The van der Waals surface area contributed by atoms with Crippen LogP contribution in [-0.2, 0) is 37.1 Å². The van der Waals surface area contributed by atoms with Gasteiger partial charge in [-0.25, -0.2) is 0 Å². The summed E-state index contributed by atoms with van der Waals surface area (Å²) in [5, 5.41) is 10.8. The van der Waals surface area contributed by atoms with Gasteiger partial charge in [0.05, 0.1) is 22.9 Å². The Morgan fingerprint density at radius 2 is 1.17 bits per heavy atom. The minimum atomic E-state index is -1.24. The zero-order valence-corrected chi connectivity index (χ0v) is 26.8. The molecule has 242 valence electrons. The van der Waals surface area contributed by atoms with Gasteiger partial charge in [0.2, 0.25) is 5.91 Å². The number of nitrogens with zero attached hydrogens (tertiary/aromatic N) is 3. The van der Waals surface area contributed by atoms with Crippen molar-refractivity contribution in [2.45, 2.75) is 11.3 Å². The largest absolute Gasteiger partial charge is 0.611 e. The lowest BCUT2D eigenvalue weighted by atomic mass is 10.2. The van der Waals surface area contributed by atoms with Gasteiger partial charge in [0, 0.05) is 58.3 Å². The lowest BCUT2D eigenvalue weighted by Crippen LogP contribution is -2.29. The van der Waals surface area contributed by atoms with Gasteiger partial charge in [-0.3, -0.25) is 24.0 Å². The summed E-state index contributed by atoms with van der Waals surface area (Å²) in [6, 6.07) is 10.9. The van der Waals surface area contributed by atoms with E-state index in [0.717, 1.165) is 0 Å². The molecule has 0 saturated carbocycles. The van der Waals surface area contributed by atoms with Crippen molar-refractivity contribution in [1.29, 1.82) is 0 Å². The first kappa shape index (κ1) is 33.9. The highest BCUT2D eigenvalue weighted by atomic mass is 35.5. The molecule has 46 heavy (non-hydrogen) atoms. The van der Waals surface area contributed by atoms with E-state index in [4.69, 9.17) is 17.3 Å². The number of nitrogens with one attached hydrogen (secondary N) is 4. The van der Waals surface area contributed by atoms with E-state index in [1.807, 2.05) is 0 Å². The number of halogens is 1. The second-order valence-corrected chi connectivity index (χ2v) is 12.2. The molecule has 6 N–H and O–H groups in total. The third-order valence-corrected chi connectivity index (χ3v) is 8.57. The summed E-state index contributed by atoms with van der Waals surface area (Å²) in [5.41, 5.74) is 7.34. The SMILES string of the molecule is Cn1cc(NC(=O)c2cc(NC(=O)c3cc(NC(=O)c4ccc([S+]([O-])CCCl)cc4)cn3C)cn2C)cc1C(=O)NCCC(N)=O. The molecular formula is C30H33ClN8O6S. The molecule has 5 amide bonds. The summed E-state index contributed by atoms with van der Waals surface area (Å²) in [6.07, 6.45) is 4.74. The minimum absolute atomic E-state index is 0.00479. The highest BCUT2D eigenvalue weighted by molar-refractivity contribution is 7.91. The van der Waals surface area contributed by atoms with Crippen molar-refractivity contribution < 1.29 is 28.5 Å². The molecular weight excluding hydrogens is 636 g/mol. The third-order valence-electron chi connectivity index (χ3n) is 6.79. The molecule has 0 aliphatic rings. The number of nitrogens with two attached hydrogens (primary N) is 1. The maximum atomic E-state index is 13.1. The second kappa shape index (κ2) is 14.9. The van der Waals surface area contributed by atoms with Crippen molar-refractivity contribution in [2.24, 2.45) is 26.9 Å². The fraction of sp³-hybridized carbons (Fsp3) is 0.233. The topological polar surface area (TPSA) is 197 Å². The molecule has 0 aliphatic carbocycles. The number of alkyl halides is 1. The van der Waals surface area contributed by atoms with Gasteiger partial charge in [-0.05, 0) is 53.6 Å². The maximum Gasteiger partial charge on any atom is 0.272 e. The fourth-order valence-electron chi connectivity index (χ4n) is 4.51. The van der Waals surface area contributed by atoms with Gasteiger partial charge in [0.15, 0.2) is 4.90 Å². The van der Waals surface area contributed by atoms with Crippen LogP contribution in [0.3, 0.4) is 0 Å². The number of hydrogen-bond donors (Lipinski definition) is 5. The highest BCUT2D eigenvalue weighted by Crippen LogP contribution is 2.20. The van der Waals surface area contributed by atoms with Crippen molar-refractivity contribution in [3.05, 3.63) is 83.7 Å². The molecule has 1 aromatic carbocycles. The maximum absolute atomic E-state index is 13.1. The lowest BCUT2D eigenvalue weighted by Gasteiger charge is -2.09. The Morgan fingerprint density at radius 1 is 0.739 bits per heavy atom. The predicted octanol–water partition coefficient (Wildman–Crippen LogP) is 2.41. The molecule has 14 nitrogen and oxygen atoms in total. The van der Waals surface area contributed by atoms with E-state index >= 15 is 0 Å². The summed E-state index contributed by atoms with van der Waals surface area (Å²) in [4.78, 5) is 62.8. The second-order valence-electron chi connectivity index (χ2n) is 10.3. The average molecular weight is 669 g/mol. The molecule has 0 aliphatic heterocycles. The minimum Gasteiger partial charge on any atom is -0.611 e. The summed E-state index contributed by atoms with van der Waals surface area (Å²) in [6.45, 7) is 0.0903. The molecule has 3 aromatic heterocycles. The quantitative estimate of drug-likeness (QED) is 0.107. The van der Waals surface area contributed by atoms with Gasteiger partial charge in [-0.15, -0.1) is 11.6 Å². The average Bonchev–Trinajstić information content (AvgIpc) is 3.68. The summed E-state index contributed by atoms with van der Waals surface area (Å²) < 4.78 is 16.7. The molecule has 0 fully saturated rings. The molecule has 4 rings (SSSR count). The molecule has 3 heterocycles. The van der Waals surface area contributed by atoms with Gasteiger partial charge >= 0.3 is 0 Å². The number of carbonyl (C=O) groups is 5. The van der Waals surface area contributed by atoms with Crippen LogP contribution in [0.25, 0.3) is 0 Å². The molecule has 1 atom stereocenters. The van der Waals surface area contributed by atoms with Crippen molar-refractivity contribution in [1.82, 2.24) is 19.0 Å². The Kier molecular flexibility index (Phi) is 10.9. The number of carbonyl (C=O) groups excluding carboxylic acids is 5. The Labute approximate surface area is 272 Å². The fourth-order valence-corrected chi connectivity index (χ4v) is 5.74. The van der Waals surface area contributed by atoms with E-state index in [9.17, 15) is 28.5 Å². The summed E-state index contributed by atoms with van der Waals surface area (Å²) in [7, 11) is 4.94. The van der Waals surface area contributed by atoms with E-state index in [-0.39, 0.29) is 35.9 Å². The molecule has 4 aromatic rings. The van der Waals surface area contributed by atoms with E-state index in [2.05, 4.69) is 21.3 Å². The normalized spacial score (nSPS) is 11.5. The molecule has 16 heteroatoms. The number of anilines is 3. The molecule has 0 spiro atoms. The Bertz CT molecular complexity index is 1780. The number of aromatic nitrogens is 3. The van der Waals surface area contributed by atoms with Crippen LogP contribution in [-0.4, -0.2) is 66.0 Å². The predicted molar refractivity (Wildman–Crippen MR) is 175 cm³/mol. The van der Waals surface area contributed by atoms with Crippen LogP contribution in [0, 0.1) is 0 Å². The Hall–Kier alpha value is -4.99. The number of hydrogen-bond acceptors (Lipinski definition) is 6. The van der Waals surface area contributed by atoms with Crippen molar-refractivity contribution in [3.63, 3.8) is 0 Å². The lowest BCUT2D eigenvalue weighted by molar-refractivity contribution is -0.117. The molecule has 0 saturated heterocycles. The summed E-state index contributed by atoms with van der Waals surface area (Å²) >= 11 is 4.41. The van der Waals surface area contributed by atoms with E-state index in [0.29, 0.717) is 33.3 Å². The smallest absolute Gasteiger partial charge is 0.272 e. The van der Waals surface area contributed by atoms with Crippen LogP contribution in [0.2, 0.25) is 0 Å². The first-order valence-corrected chi connectivity index (χ1v) is 15.8. The standard InChI is InChI=1S/C30H33ClN8O6S/c1-37-16-20(12-23(37)28(42)33-10-8-26(32)40)35-30(44)25-14-21(17-39(25)3)36-29(43)24-13-19(15-38(24)2)34-27(41)18-4-6-22(7-5-18)46(45)11-9-31/h4-7,12-17H,8-11H2,1-3H3,(H2,32,40)(H,33,42)(H,34,41)(H,35,44)(H,36,43). The van der Waals surface area contributed by atoms with E-state index in [1.54, 1.807) is 73.1 Å². The highest BCUT2D eigenvalue weighted by Gasteiger charge is 2.19. The van der Waals surface area contributed by atoms with Crippen LogP contribution >= 0.6 is 11.6 Å². The molecule has 1 unspecified atom stereocenters. The van der Waals surface area contributed by atoms with Crippen LogP contribution in [0.5, 0.6) is 0 Å². The van der Waals surface area contributed by atoms with Crippen LogP contribution in [0.15, 0.2) is 66.0 Å². The monoisotopic (exact) mass is 668 g/mol. The summed E-state index contributed by atoms with van der Waals surface area (Å²) in [5.74, 6) is -1.73. The third kappa shape index (κ3) is 8.38.